The molecule has 3 nitrogen and oxygen atoms in total. The molecule has 0 amide bonds. The van der Waals surface area contributed by atoms with Gasteiger partial charge in [-0.05, 0) is 19.9 Å². The molecule has 1 atom stereocenters. The highest BCUT2D eigenvalue weighted by molar-refractivity contribution is 6.11. The molecular formula is C12H9F5O3. The van der Waals surface area contributed by atoms with Crippen LogP contribution in [0.5, 0.6) is 0 Å². The summed E-state index contributed by atoms with van der Waals surface area (Å²) >= 11 is 0. The number of carbonyl (C=O) groups is 2. The Morgan fingerprint density at radius 3 is 2.10 bits per heavy atom. The predicted molar refractivity (Wildman–Crippen MR) is 56.7 cm³/mol. The minimum absolute atomic E-state index is 0.0225. The Labute approximate surface area is 110 Å². The third-order valence-corrected chi connectivity index (χ3v) is 2.16. The Bertz CT molecular complexity index is 557. The molecule has 0 bridgehead atoms. The van der Waals surface area contributed by atoms with Gasteiger partial charge in [-0.3, -0.25) is 4.79 Å². The van der Waals surface area contributed by atoms with E-state index in [0.717, 1.165) is 0 Å². The van der Waals surface area contributed by atoms with Crippen molar-refractivity contribution < 1.29 is 36.3 Å². The van der Waals surface area contributed by atoms with Crippen LogP contribution in [0.1, 0.15) is 24.2 Å². The molecule has 8 heteroatoms. The molecule has 110 valence electrons. The number of carbonyl (C=O) groups excluding carboxylic acids is 2. The number of Topliss-reactive ketones (excluding diaryl/α,β-unsaturated/α-hetero) is 1. The largest absolute Gasteiger partial charge is 0.460 e. The molecule has 0 aliphatic carbocycles. The van der Waals surface area contributed by atoms with Crippen molar-refractivity contribution in [2.24, 2.45) is 0 Å². The monoisotopic (exact) mass is 296 g/mol. The van der Waals surface area contributed by atoms with Crippen molar-refractivity contribution in [2.45, 2.75) is 26.1 Å². The molecule has 1 aromatic carbocycles. The van der Waals surface area contributed by atoms with E-state index in [0.29, 0.717) is 0 Å². The van der Waals surface area contributed by atoms with Crippen molar-refractivity contribution in [3.05, 3.63) is 34.9 Å². The Balaban J connectivity index is 3.13. The molecule has 1 rings (SSSR count). The van der Waals surface area contributed by atoms with Crippen molar-refractivity contribution in [3.63, 3.8) is 0 Å². The molecule has 0 radical (unpaired) electrons. The van der Waals surface area contributed by atoms with E-state index in [1.165, 1.54) is 13.8 Å². The van der Waals surface area contributed by atoms with Crippen LogP contribution in [0, 0.1) is 23.3 Å². The van der Waals surface area contributed by atoms with E-state index in [4.69, 9.17) is 0 Å². The molecule has 0 saturated heterocycles. The van der Waals surface area contributed by atoms with Crippen molar-refractivity contribution in [3.8, 4) is 0 Å². The summed E-state index contributed by atoms with van der Waals surface area (Å²) in [6.45, 7) is 2.74. The zero-order valence-corrected chi connectivity index (χ0v) is 10.3. The van der Waals surface area contributed by atoms with E-state index < -0.39 is 52.9 Å². The maximum atomic E-state index is 13.5. The van der Waals surface area contributed by atoms with Gasteiger partial charge in [-0.1, -0.05) is 0 Å². The maximum absolute atomic E-state index is 13.5. The molecular weight excluding hydrogens is 287 g/mol. The van der Waals surface area contributed by atoms with Crippen LogP contribution in [0.25, 0.3) is 0 Å². The number of ether oxygens (including phenoxy) is 1. The summed E-state index contributed by atoms with van der Waals surface area (Å²) in [4.78, 5) is 22.5. The summed E-state index contributed by atoms with van der Waals surface area (Å²) in [5.74, 6) is -11.8. The molecule has 20 heavy (non-hydrogen) atoms. The second kappa shape index (κ2) is 5.98. The van der Waals surface area contributed by atoms with E-state index in [1.807, 2.05) is 0 Å². The lowest BCUT2D eigenvalue weighted by molar-refractivity contribution is -0.151. The Kier molecular flexibility index (Phi) is 4.80. The molecule has 0 saturated carbocycles. The lowest BCUT2D eigenvalue weighted by Crippen LogP contribution is -2.30. The van der Waals surface area contributed by atoms with Gasteiger partial charge >= 0.3 is 5.97 Å². The van der Waals surface area contributed by atoms with E-state index >= 15 is 0 Å². The molecule has 0 heterocycles. The number of benzene rings is 1. The third kappa shape index (κ3) is 3.12. The predicted octanol–water partition coefficient (Wildman–Crippen LogP) is 2.72. The fraction of sp³-hybridized carbons (Fsp3) is 0.333. The second-order valence-corrected chi connectivity index (χ2v) is 4.06. The second-order valence-electron chi connectivity index (χ2n) is 4.06. The van der Waals surface area contributed by atoms with Crippen molar-refractivity contribution in [1.82, 2.24) is 0 Å². The van der Waals surface area contributed by atoms with Gasteiger partial charge in [0.1, 0.15) is 0 Å². The molecule has 1 unspecified atom stereocenters. The fourth-order valence-corrected chi connectivity index (χ4v) is 1.29. The van der Waals surface area contributed by atoms with Crippen LogP contribution in [0.2, 0.25) is 0 Å². The summed E-state index contributed by atoms with van der Waals surface area (Å²) in [6, 6.07) is -0.0225. The number of hydrogen-bond donors (Lipinski definition) is 0. The quantitative estimate of drug-likeness (QED) is 0.214. The minimum atomic E-state index is -2.96. The summed E-state index contributed by atoms with van der Waals surface area (Å²) in [7, 11) is 0. The fourth-order valence-electron chi connectivity index (χ4n) is 1.29. The highest BCUT2D eigenvalue weighted by atomic mass is 19.2. The van der Waals surface area contributed by atoms with Gasteiger partial charge in [-0.15, -0.1) is 0 Å². The van der Waals surface area contributed by atoms with Crippen LogP contribution in [-0.4, -0.2) is 24.0 Å². The number of hydrogen-bond acceptors (Lipinski definition) is 3. The Hall–Kier alpha value is -1.99. The molecule has 0 aliphatic heterocycles. The number of esters is 1. The molecule has 0 N–H and O–H groups in total. The summed E-state index contributed by atoms with van der Waals surface area (Å²) in [5, 5.41) is 0. The smallest absolute Gasteiger partial charge is 0.349 e. The van der Waals surface area contributed by atoms with Crippen LogP contribution in [-0.2, 0) is 9.53 Å². The van der Waals surface area contributed by atoms with Gasteiger partial charge in [0.25, 0.3) is 6.17 Å². The van der Waals surface area contributed by atoms with Gasteiger partial charge in [0.2, 0.25) is 5.78 Å². The van der Waals surface area contributed by atoms with Crippen LogP contribution < -0.4 is 0 Å². The topological polar surface area (TPSA) is 43.4 Å². The first kappa shape index (κ1) is 16.1. The first-order valence-corrected chi connectivity index (χ1v) is 5.38. The van der Waals surface area contributed by atoms with Gasteiger partial charge < -0.3 is 4.74 Å². The molecule has 0 aromatic heterocycles. The van der Waals surface area contributed by atoms with Crippen LogP contribution in [0.4, 0.5) is 22.0 Å². The zero-order chi connectivity index (χ0) is 15.6. The molecule has 0 fully saturated rings. The van der Waals surface area contributed by atoms with Crippen LogP contribution >= 0.6 is 0 Å². The van der Waals surface area contributed by atoms with Gasteiger partial charge in [-0.25, -0.2) is 26.7 Å². The average molecular weight is 296 g/mol. The van der Waals surface area contributed by atoms with Crippen LogP contribution in [0.15, 0.2) is 6.07 Å². The summed E-state index contributed by atoms with van der Waals surface area (Å²) in [6.07, 6.45) is -3.71. The average Bonchev–Trinajstić information content (AvgIpc) is 2.38. The number of halogens is 5. The van der Waals surface area contributed by atoms with Crippen molar-refractivity contribution in [2.75, 3.05) is 0 Å². The molecule has 0 aliphatic rings. The Morgan fingerprint density at radius 2 is 1.60 bits per heavy atom. The standard InChI is InChI=1S/C12H9F5O3/c1-4(2)20-12(19)10(17)11(18)5-3-6(13)8(15)9(16)7(5)14/h3-4,10H,1-2H3. The first-order valence-electron chi connectivity index (χ1n) is 5.38. The highest BCUT2D eigenvalue weighted by Crippen LogP contribution is 2.21. The van der Waals surface area contributed by atoms with Crippen molar-refractivity contribution >= 4 is 11.8 Å². The van der Waals surface area contributed by atoms with E-state index in [-0.39, 0.29) is 6.07 Å². The van der Waals surface area contributed by atoms with Crippen molar-refractivity contribution in [1.29, 1.82) is 0 Å². The normalized spacial score (nSPS) is 12.4. The minimum Gasteiger partial charge on any atom is -0.460 e. The van der Waals surface area contributed by atoms with E-state index in [1.54, 1.807) is 0 Å². The highest BCUT2D eigenvalue weighted by Gasteiger charge is 2.33. The third-order valence-electron chi connectivity index (χ3n) is 2.16. The summed E-state index contributed by atoms with van der Waals surface area (Å²) in [5.41, 5.74) is -1.41. The number of rotatable bonds is 4. The first-order chi connectivity index (χ1) is 9.16. The lowest BCUT2D eigenvalue weighted by atomic mass is 10.1. The van der Waals surface area contributed by atoms with Gasteiger partial charge in [0.05, 0.1) is 11.7 Å². The van der Waals surface area contributed by atoms with Crippen LogP contribution in [0.3, 0.4) is 0 Å². The number of ketones is 1. The number of alkyl halides is 1. The molecule has 1 aromatic rings. The molecule has 0 spiro atoms. The maximum Gasteiger partial charge on any atom is 0.349 e. The van der Waals surface area contributed by atoms with E-state index in [2.05, 4.69) is 4.74 Å². The van der Waals surface area contributed by atoms with Gasteiger partial charge in [0.15, 0.2) is 23.3 Å². The zero-order valence-electron chi connectivity index (χ0n) is 10.3. The van der Waals surface area contributed by atoms with Gasteiger partial charge in [-0.2, -0.15) is 0 Å². The van der Waals surface area contributed by atoms with Gasteiger partial charge in [0, 0.05) is 0 Å². The summed E-state index contributed by atoms with van der Waals surface area (Å²) < 4.78 is 69.5. The van der Waals surface area contributed by atoms with E-state index in [9.17, 15) is 31.5 Å². The Morgan fingerprint density at radius 1 is 1.05 bits per heavy atom. The SMILES string of the molecule is CC(C)OC(=O)C(F)C(=O)c1cc(F)c(F)c(F)c1F. The lowest BCUT2D eigenvalue weighted by Gasteiger charge is -2.11.